The summed E-state index contributed by atoms with van der Waals surface area (Å²) in [6, 6.07) is 0. The Morgan fingerprint density at radius 2 is 2.29 bits per heavy atom. The third-order valence-electron chi connectivity index (χ3n) is 0.466. The largest absolute Gasteiger partial charge is 0.394 e. The Balaban J connectivity index is 2.83. The summed E-state index contributed by atoms with van der Waals surface area (Å²) < 4.78 is 4.30. The topological polar surface area (TPSA) is 49.7 Å². The Hall–Kier alpha value is 0.360. The SMILES string of the molecule is OCC(O)COBr. The highest BCUT2D eigenvalue weighted by atomic mass is 79.9. The Kier molecular flexibility index (Phi) is 4.75. The molecule has 0 fully saturated rings. The summed E-state index contributed by atoms with van der Waals surface area (Å²) in [4.78, 5) is 0. The summed E-state index contributed by atoms with van der Waals surface area (Å²) in [6.07, 6.45) is -0.764. The van der Waals surface area contributed by atoms with Crippen LogP contribution in [0.2, 0.25) is 0 Å². The van der Waals surface area contributed by atoms with Crippen molar-refractivity contribution in [1.82, 2.24) is 0 Å². The van der Waals surface area contributed by atoms with Gasteiger partial charge in [0.25, 0.3) is 0 Å². The average Bonchev–Trinajstić information content (AvgIpc) is 1.68. The molecule has 0 heterocycles. The molecule has 0 aromatic heterocycles. The van der Waals surface area contributed by atoms with Crippen LogP contribution in [0.5, 0.6) is 0 Å². The molecular formula is C3H7BrO3. The first-order chi connectivity index (χ1) is 3.31. The molecule has 7 heavy (non-hydrogen) atoms. The van der Waals surface area contributed by atoms with Gasteiger partial charge in [0, 0.05) is 0 Å². The van der Waals surface area contributed by atoms with Crippen LogP contribution in [0.25, 0.3) is 0 Å². The molecule has 0 aromatic carbocycles. The van der Waals surface area contributed by atoms with Crippen molar-refractivity contribution in [2.45, 2.75) is 6.10 Å². The Morgan fingerprint density at radius 3 is 2.43 bits per heavy atom. The van der Waals surface area contributed by atoms with Crippen LogP contribution < -0.4 is 0 Å². The van der Waals surface area contributed by atoms with E-state index in [4.69, 9.17) is 10.2 Å². The van der Waals surface area contributed by atoms with Gasteiger partial charge in [-0.15, -0.1) is 0 Å². The molecule has 3 nitrogen and oxygen atoms in total. The van der Waals surface area contributed by atoms with E-state index in [1.54, 1.807) is 0 Å². The maximum Gasteiger partial charge on any atom is 0.102 e. The third kappa shape index (κ3) is 4.21. The fraction of sp³-hybridized carbons (Fsp3) is 1.00. The summed E-state index contributed by atoms with van der Waals surface area (Å²) in [5.41, 5.74) is 0. The van der Waals surface area contributed by atoms with E-state index in [2.05, 4.69) is 20.1 Å². The van der Waals surface area contributed by atoms with Crippen LogP contribution in [0.4, 0.5) is 0 Å². The van der Waals surface area contributed by atoms with E-state index in [1.807, 2.05) is 0 Å². The number of rotatable bonds is 3. The van der Waals surface area contributed by atoms with Crippen molar-refractivity contribution in [3.8, 4) is 0 Å². The maximum atomic E-state index is 8.45. The van der Waals surface area contributed by atoms with Crippen molar-refractivity contribution in [2.75, 3.05) is 13.2 Å². The summed E-state index contributed by atoms with van der Waals surface area (Å²) in [6.45, 7) is -0.137. The van der Waals surface area contributed by atoms with E-state index in [0.717, 1.165) is 0 Å². The van der Waals surface area contributed by atoms with Crippen molar-refractivity contribution in [3.05, 3.63) is 0 Å². The quantitative estimate of drug-likeness (QED) is 0.610. The van der Waals surface area contributed by atoms with Crippen molar-refractivity contribution >= 4 is 16.3 Å². The van der Waals surface area contributed by atoms with E-state index >= 15 is 0 Å². The first kappa shape index (κ1) is 7.36. The molecule has 0 amide bonds. The van der Waals surface area contributed by atoms with E-state index in [-0.39, 0.29) is 13.2 Å². The van der Waals surface area contributed by atoms with E-state index < -0.39 is 6.10 Å². The molecule has 0 saturated carbocycles. The highest BCUT2D eigenvalue weighted by Gasteiger charge is 1.97. The molecule has 0 aliphatic rings. The lowest BCUT2D eigenvalue weighted by Crippen LogP contribution is -2.16. The molecule has 0 saturated heterocycles. The number of hydrogen-bond acceptors (Lipinski definition) is 3. The molecule has 0 aliphatic heterocycles. The van der Waals surface area contributed by atoms with E-state index in [0.29, 0.717) is 0 Å². The molecule has 0 bridgehead atoms. The van der Waals surface area contributed by atoms with Crippen LogP contribution in [0.15, 0.2) is 0 Å². The lowest BCUT2D eigenvalue weighted by atomic mass is 10.4. The minimum atomic E-state index is -0.764. The van der Waals surface area contributed by atoms with Crippen molar-refractivity contribution < 1.29 is 14.0 Å². The minimum absolute atomic E-state index is 0.122. The Morgan fingerprint density at radius 1 is 1.71 bits per heavy atom. The monoisotopic (exact) mass is 170 g/mol. The second-order valence-electron chi connectivity index (χ2n) is 1.11. The molecule has 2 N–H and O–H groups in total. The molecule has 0 aliphatic carbocycles. The Labute approximate surface area is 50.4 Å². The molecule has 1 unspecified atom stereocenters. The van der Waals surface area contributed by atoms with Gasteiger partial charge in [0.2, 0.25) is 0 Å². The van der Waals surface area contributed by atoms with Crippen LogP contribution in [-0.2, 0) is 3.83 Å². The van der Waals surface area contributed by atoms with E-state index in [1.165, 1.54) is 0 Å². The fourth-order valence-electron chi connectivity index (χ4n) is 0.125. The van der Waals surface area contributed by atoms with Gasteiger partial charge in [-0.05, 0) is 0 Å². The lowest BCUT2D eigenvalue weighted by Gasteiger charge is -2.00. The van der Waals surface area contributed by atoms with Gasteiger partial charge in [0.15, 0.2) is 0 Å². The predicted molar refractivity (Wildman–Crippen MR) is 28.0 cm³/mol. The van der Waals surface area contributed by atoms with Crippen LogP contribution in [0, 0.1) is 0 Å². The van der Waals surface area contributed by atoms with Crippen molar-refractivity contribution in [2.24, 2.45) is 0 Å². The van der Waals surface area contributed by atoms with Gasteiger partial charge in [0.1, 0.15) is 6.10 Å². The first-order valence-corrected chi connectivity index (χ1v) is 2.48. The highest BCUT2D eigenvalue weighted by Crippen LogP contribution is 1.87. The number of aliphatic hydroxyl groups excluding tert-OH is 2. The number of aliphatic hydroxyl groups is 2. The van der Waals surface area contributed by atoms with Crippen molar-refractivity contribution in [3.63, 3.8) is 0 Å². The van der Waals surface area contributed by atoms with Gasteiger partial charge in [-0.2, -0.15) is 0 Å². The highest BCUT2D eigenvalue weighted by molar-refractivity contribution is 9.06. The average molecular weight is 171 g/mol. The van der Waals surface area contributed by atoms with Crippen LogP contribution in [0.3, 0.4) is 0 Å². The van der Waals surface area contributed by atoms with Crippen LogP contribution in [0.1, 0.15) is 0 Å². The smallest absolute Gasteiger partial charge is 0.102 e. The zero-order chi connectivity index (χ0) is 5.70. The van der Waals surface area contributed by atoms with Gasteiger partial charge in [0.05, 0.1) is 29.5 Å². The van der Waals surface area contributed by atoms with Gasteiger partial charge < -0.3 is 14.0 Å². The third-order valence-corrected chi connectivity index (χ3v) is 0.730. The molecule has 0 aromatic rings. The zero-order valence-electron chi connectivity index (χ0n) is 3.67. The molecule has 44 valence electrons. The predicted octanol–water partition coefficient (Wildman–Crippen LogP) is -0.334. The van der Waals surface area contributed by atoms with Gasteiger partial charge in [-0.25, -0.2) is 0 Å². The molecule has 4 heteroatoms. The second kappa shape index (κ2) is 4.52. The molecule has 0 spiro atoms. The maximum absolute atomic E-state index is 8.45. The number of hydrogen-bond donors (Lipinski definition) is 2. The summed E-state index contributed by atoms with van der Waals surface area (Å²) in [7, 11) is 0. The summed E-state index contributed by atoms with van der Waals surface area (Å²) in [5.74, 6) is 0. The molecule has 0 radical (unpaired) electrons. The zero-order valence-corrected chi connectivity index (χ0v) is 5.26. The second-order valence-corrected chi connectivity index (χ2v) is 1.57. The minimum Gasteiger partial charge on any atom is -0.394 e. The number of halogens is 1. The Bertz CT molecular complexity index is 41.2. The molecule has 1 atom stereocenters. The summed E-state index contributed by atoms with van der Waals surface area (Å²) >= 11 is 2.62. The van der Waals surface area contributed by atoms with Gasteiger partial charge in [-0.3, -0.25) is 0 Å². The first-order valence-electron chi connectivity index (χ1n) is 1.83. The molecular weight excluding hydrogens is 164 g/mol. The van der Waals surface area contributed by atoms with Gasteiger partial charge >= 0.3 is 0 Å². The summed E-state index contributed by atoms with van der Waals surface area (Å²) in [5, 5.41) is 16.6. The standard InChI is InChI=1S/C3H7BrO3/c4-7-2-3(6)1-5/h3,5-6H,1-2H2. The normalized spacial score (nSPS) is 14.1. The van der Waals surface area contributed by atoms with Gasteiger partial charge in [-0.1, -0.05) is 0 Å². The van der Waals surface area contributed by atoms with Crippen molar-refractivity contribution in [1.29, 1.82) is 0 Å². The fourth-order valence-corrected chi connectivity index (χ4v) is 0.431. The molecule has 0 rings (SSSR count). The van der Waals surface area contributed by atoms with Crippen LogP contribution >= 0.6 is 16.3 Å². The lowest BCUT2D eigenvalue weighted by molar-refractivity contribution is 0.0631. The van der Waals surface area contributed by atoms with Crippen LogP contribution in [-0.4, -0.2) is 29.5 Å². The van der Waals surface area contributed by atoms with E-state index in [9.17, 15) is 0 Å².